The van der Waals surface area contributed by atoms with E-state index in [0.29, 0.717) is 18.8 Å². The van der Waals surface area contributed by atoms with Crippen LogP contribution in [0, 0.1) is 11.8 Å². The first-order valence-electron chi connectivity index (χ1n) is 11.5. The third-order valence-electron chi connectivity index (χ3n) is 5.77. The average Bonchev–Trinajstić information content (AvgIpc) is 2.75. The third-order valence-corrected chi connectivity index (χ3v) is 5.77. The Morgan fingerprint density at radius 2 is 2.09 bits per heavy atom. The summed E-state index contributed by atoms with van der Waals surface area (Å²) in [7, 11) is 0. The molecule has 0 unspecified atom stereocenters. The van der Waals surface area contributed by atoms with Gasteiger partial charge in [0, 0.05) is 24.8 Å². The summed E-state index contributed by atoms with van der Waals surface area (Å²) in [6, 6.07) is 0. The smallest absolute Gasteiger partial charge is 0.331 e. The second kappa shape index (κ2) is 13.4. The fourth-order valence-corrected chi connectivity index (χ4v) is 3.84. The molecule has 0 radical (unpaired) electrons. The highest BCUT2D eigenvalue weighted by atomic mass is 16.5. The molecule has 176 valence electrons. The first-order chi connectivity index (χ1) is 15.3. The first-order valence-corrected chi connectivity index (χ1v) is 11.5. The fraction of sp³-hybridized carbons (Fsp3) is 0.519. The molecular weight excluding hydrogens is 404 g/mol. The maximum atomic E-state index is 11.3. The fourth-order valence-electron chi connectivity index (χ4n) is 3.84. The second-order valence-corrected chi connectivity index (χ2v) is 8.73. The predicted molar refractivity (Wildman–Crippen MR) is 128 cm³/mol. The summed E-state index contributed by atoms with van der Waals surface area (Å²) < 4.78 is 11.2. The van der Waals surface area contributed by atoms with Crippen molar-refractivity contribution in [3.8, 4) is 0 Å². The number of esters is 1. The minimum Gasteiger partial charge on any atom is -0.455 e. The summed E-state index contributed by atoms with van der Waals surface area (Å²) >= 11 is 0. The molecule has 0 aliphatic carbocycles. The molecule has 5 nitrogen and oxygen atoms in total. The standard InChI is InChI=1S/C27H38O5/c1-5-10-25-21(4)24(29)18-26(32-25)23(28)13-8-6-7-11-19(2)17-20(3)15-16-22-12-9-14-27(30)31-22/h5-10,13-17,19,21-26,28-29H,11-12,18H2,1-4H3/b7-6+,10-5+,13-8+,16-15+,20-17-/t19-,21-,22-,23+,24+,25-,26-/m1/s1. The van der Waals surface area contributed by atoms with Gasteiger partial charge in [-0.2, -0.15) is 0 Å². The summed E-state index contributed by atoms with van der Waals surface area (Å²) in [5.74, 6) is 0.0754. The van der Waals surface area contributed by atoms with Gasteiger partial charge in [-0.15, -0.1) is 0 Å². The third kappa shape index (κ3) is 8.73. The van der Waals surface area contributed by atoms with Crippen LogP contribution in [0.15, 0.2) is 72.4 Å². The minimum absolute atomic E-state index is 0.0147. The van der Waals surface area contributed by atoms with Gasteiger partial charge in [0.15, 0.2) is 0 Å². The average molecular weight is 443 g/mol. The topological polar surface area (TPSA) is 76.0 Å². The van der Waals surface area contributed by atoms with Crippen molar-refractivity contribution in [2.75, 3.05) is 0 Å². The Bertz CT molecular complexity index is 773. The summed E-state index contributed by atoms with van der Waals surface area (Å²) in [4.78, 5) is 11.3. The van der Waals surface area contributed by atoms with E-state index < -0.39 is 18.3 Å². The zero-order chi connectivity index (χ0) is 23.5. The first kappa shape index (κ1) is 26.0. The number of hydrogen-bond donors (Lipinski definition) is 2. The molecule has 2 heterocycles. The normalized spacial score (nSPS) is 31.8. The van der Waals surface area contributed by atoms with E-state index in [0.717, 1.165) is 12.0 Å². The Morgan fingerprint density at radius 1 is 1.31 bits per heavy atom. The van der Waals surface area contributed by atoms with E-state index in [4.69, 9.17) is 9.47 Å². The monoisotopic (exact) mass is 442 g/mol. The highest BCUT2D eigenvalue weighted by Gasteiger charge is 2.35. The van der Waals surface area contributed by atoms with E-state index in [1.54, 1.807) is 6.08 Å². The lowest BCUT2D eigenvalue weighted by Crippen LogP contribution is -2.46. The number of carbonyl (C=O) groups is 1. The van der Waals surface area contributed by atoms with Crippen LogP contribution in [0.5, 0.6) is 0 Å². The number of carbonyl (C=O) groups excluding carboxylic acids is 1. The van der Waals surface area contributed by atoms with Gasteiger partial charge in [0.1, 0.15) is 6.10 Å². The van der Waals surface area contributed by atoms with E-state index in [-0.39, 0.29) is 24.1 Å². The largest absolute Gasteiger partial charge is 0.455 e. The summed E-state index contributed by atoms with van der Waals surface area (Å²) in [6.45, 7) is 8.06. The minimum atomic E-state index is -0.761. The second-order valence-electron chi connectivity index (χ2n) is 8.73. The molecule has 7 atom stereocenters. The van der Waals surface area contributed by atoms with Crippen molar-refractivity contribution in [1.82, 2.24) is 0 Å². The SMILES string of the molecule is C/C=C/[C@H]1O[C@@H]([C@@H](O)/C=C/C=C/C[C@@H](C)/C=C(C)\C=C\[C@H]2CC=CC(=O)O2)C[C@H](O)[C@H]1C. The molecule has 32 heavy (non-hydrogen) atoms. The number of aliphatic hydroxyl groups excluding tert-OH is 2. The van der Waals surface area contributed by atoms with Gasteiger partial charge in [-0.25, -0.2) is 4.79 Å². The number of cyclic esters (lactones) is 1. The number of aliphatic hydroxyl groups is 2. The van der Waals surface area contributed by atoms with Gasteiger partial charge in [-0.05, 0) is 32.3 Å². The number of ether oxygens (including phenoxy) is 2. The maximum absolute atomic E-state index is 11.3. The molecule has 0 spiro atoms. The van der Waals surface area contributed by atoms with Crippen LogP contribution >= 0.6 is 0 Å². The van der Waals surface area contributed by atoms with Gasteiger partial charge in [0.25, 0.3) is 0 Å². The highest BCUT2D eigenvalue weighted by molar-refractivity contribution is 5.82. The van der Waals surface area contributed by atoms with E-state index in [1.165, 1.54) is 6.08 Å². The lowest BCUT2D eigenvalue weighted by atomic mass is 9.88. The molecule has 0 aromatic carbocycles. The van der Waals surface area contributed by atoms with Crippen LogP contribution in [0.2, 0.25) is 0 Å². The highest BCUT2D eigenvalue weighted by Crippen LogP contribution is 2.28. The summed E-state index contributed by atoms with van der Waals surface area (Å²) in [6.07, 6.45) is 20.8. The van der Waals surface area contributed by atoms with Crippen LogP contribution in [0.25, 0.3) is 0 Å². The van der Waals surface area contributed by atoms with Crippen LogP contribution in [0.4, 0.5) is 0 Å². The van der Waals surface area contributed by atoms with Gasteiger partial charge in [-0.3, -0.25) is 0 Å². The molecule has 5 heteroatoms. The Morgan fingerprint density at radius 3 is 2.81 bits per heavy atom. The van der Waals surface area contributed by atoms with Crippen molar-refractivity contribution in [3.63, 3.8) is 0 Å². The Hall–Kier alpha value is -2.21. The molecular formula is C27H38O5. The van der Waals surface area contributed by atoms with Crippen molar-refractivity contribution in [2.45, 2.75) is 77.5 Å². The van der Waals surface area contributed by atoms with Gasteiger partial charge >= 0.3 is 5.97 Å². The van der Waals surface area contributed by atoms with E-state index in [9.17, 15) is 15.0 Å². The van der Waals surface area contributed by atoms with Crippen LogP contribution in [0.3, 0.4) is 0 Å². The van der Waals surface area contributed by atoms with Crippen LogP contribution in [0.1, 0.15) is 47.0 Å². The summed E-state index contributed by atoms with van der Waals surface area (Å²) in [5, 5.41) is 20.7. The maximum Gasteiger partial charge on any atom is 0.331 e. The Kier molecular flexibility index (Phi) is 10.9. The molecule has 1 fully saturated rings. The van der Waals surface area contributed by atoms with Gasteiger partial charge in [0.05, 0.1) is 24.4 Å². The number of rotatable bonds is 9. The molecule has 1 saturated heterocycles. The molecule has 0 saturated carbocycles. The van der Waals surface area contributed by atoms with Crippen LogP contribution in [-0.4, -0.2) is 46.7 Å². The molecule has 0 amide bonds. The Labute approximate surface area is 192 Å². The lowest BCUT2D eigenvalue weighted by molar-refractivity contribution is -0.141. The van der Waals surface area contributed by atoms with E-state index in [2.05, 4.69) is 19.1 Å². The van der Waals surface area contributed by atoms with Crippen molar-refractivity contribution in [3.05, 3.63) is 72.4 Å². The molecule has 0 bridgehead atoms. The van der Waals surface area contributed by atoms with Gasteiger partial charge in [0.2, 0.25) is 0 Å². The molecule has 2 rings (SSSR count). The van der Waals surface area contributed by atoms with Crippen LogP contribution < -0.4 is 0 Å². The van der Waals surface area contributed by atoms with Crippen molar-refractivity contribution >= 4 is 5.97 Å². The quantitative estimate of drug-likeness (QED) is 0.310. The van der Waals surface area contributed by atoms with E-state index in [1.807, 2.05) is 63.3 Å². The Balaban J connectivity index is 1.77. The van der Waals surface area contributed by atoms with Crippen molar-refractivity contribution in [1.29, 1.82) is 0 Å². The number of allylic oxidation sites excluding steroid dienone is 7. The van der Waals surface area contributed by atoms with E-state index >= 15 is 0 Å². The predicted octanol–water partition coefficient (Wildman–Crippen LogP) is 4.59. The zero-order valence-electron chi connectivity index (χ0n) is 19.6. The molecule has 2 N–H and O–H groups in total. The van der Waals surface area contributed by atoms with Gasteiger partial charge < -0.3 is 19.7 Å². The van der Waals surface area contributed by atoms with Crippen molar-refractivity contribution < 1.29 is 24.5 Å². The lowest BCUT2D eigenvalue weighted by Gasteiger charge is -2.38. The molecule has 0 aromatic heterocycles. The zero-order valence-corrected chi connectivity index (χ0v) is 19.6. The summed E-state index contributed by atoms with van der Waals surface area (Å²) in [5.41, 5.74) is 1.13. The number of hydrogen-bond acceptors (Lipinski definition) is 5. The van der Waals surface area contributed by atoms with Gasteiger partial charge in [-0.1, -0.05) is 74.1 Å². The van der Waals surface area contributed by atoms with Crippen LogP contribution in [-0.2, 0) is 14.3 Å². The molecule has 0 aromatic rings. The molecule has 2 aliphatic rings. The molecule has 2 aliphatic heterocycles. The van der Waals surface area contributed by atoms with Crippen molar-refractivity contribution in [2.24, 2.45) is 11.8 Å².